The highest BCUT2D eigenvalue weighted by molar-refractivity contribution is 7.89. The topological polar surface area (TPSA) is 102 Å². The average Bonchev–Trinajstić information content (AvgIpc) is 2.95. The molecule has 1 saturated carbocycles. The van der Waals surface area contributed by atoms with Gasteiger partial charge in [0.2, 0.25) is 15.9 Å². The van der Waals surface area contributed by atoms with Gasteiger partial charge in [-0.2, -0.15) is 4.98 Å². The molecule has 0 bridgehead atoms. The summed E-state index contributed by atoms with van der Waals surface area (Å²) in [6, 6.07) is 0. The van der Waals surface area contributed by atoms with E-state index in [1.807, 2.05) is 0 Å². The van der Waals surface area contributed by atoms with E-state index in [0.29, 0.717) is 24.8 Å². The third-order valence-electron chi connectivity index (χ3n) is 4.62. The van der Waals surface area contributed by atoms with Crippen molar-refractivity contribution in [1.82, 2.24) is 14.4 Å². The molecule has 2 fully saturated rings. The minimum absolute atomic E-state index is 0. The predicted molar refractivity (Wildman–Crippen MR) is 84.3 cm³/mol. The smallest absolute Gasteiger partial charge is 0.231 e. The van der Waals surface area contributed by atoms with Crippen molar-refractivity contribution in [3.63, 3.8) is 0 Å². The van der Waals surface area contributed by atoms with Crippen LogP contribution in [0, 0.1) is 0 Å². The van der Waals surface area contributed by atoms with Crippen LogP contribution >= 0.6 is 12.4 Å². The molecule has 1 aliphatic heterocycles. The lowest BCUT2D eigenvalue weighted by molar-refractivity contribution is 0.226. The van der Waals surface area contributed by atoms with E-state index in [-0.39, 0.29) is 24.1 Å². The van der Waals surface area contributed by atoms with Crippen molar-refractivity contribution in [1.29, 1.82) is 0 Å². The van der Waals surface area contributed by atoms with Crippen molar-refractivity contribution in [2.45, 2.75) is 50.5 Å². The van der Waals surface area contributed by atoms with Gasteiger partial charge in [-0.05, 0) is 39.0 Å². The van der Waals surface area contributed by atoms with E-state index in [4.69, 9.17) is 10.3 Å². The molecule has 126 valence electrons. The Hall–Kier alpha value is -0.700. The Bertz CT molecular complexity index is 615. The van der Waals surface area contributed by atoms with Crippen LogP contribution in [0.25, 0.3) is 0 Å². The third-order valence-corrected chi connectivity index (χ3v) is 6.47. The van der Waals surface area contributed by atoms with Gasteiger partial charge >= 0.3 is 0 Å². The van der Waals surface area contributed by atoms with Gasteiger partial charge in [-0.1, -0.05) is 5.16 Å². The molecule has 22 heavy (non-hydrogen) atoms. The van der Waals surface area contributed by atoms with Crippen LogP contribution in [0.15, 0.2) is 4.52 Å². The Morgan fingerprint density at radius 1 is 1.41 bits per heavy atom. The quantitative estimate of drug-likeness (QED) is 0.879. The van der Waals surface area contributed by atoms with Crippen LogP contribution < -0.4 is 5.73 Å². The van der Waals surface area contributed by atoms with Crippen LogP contribution in [-0.2, 0) is 15.6 Å². The molecule has 0 amide bonds. The zero-order chi connectivity index (χ0) is 15.1. The first-order valence-corrected chi connectivity index (χ1v) is 9.16. The Kier molecular flexibility index (Phi) is 5.16. The highest BCUT2D eigenvalue weighted by atomic mass is 35.5. The van der Waals surface area contributed by atoms with Crippen LogP contribution in [0.1, 0.15) is 56.7 Å². The fourth-order valence-corrected chi connectivity index (χ4v) is 4.14. The van der Waals surface area contributed by atoms with Gasteiger partial charge in [-0.3, -0.25) is 0 Å². The first-order valence-electron chi connectivity index (χ1n) is 7.55. The summed E-state index contributed by atoms with van der Waals surface area (Å²) in [5.41, 5.74) is 5.75. The number of halogens is 1. The van der Waals surface area contributed by atoms with E-state index in [1.165, 1.54) is 4.31 Å². The summed E-state index contributed by atoms with van der Waals surface area (Å²) >= 11 is 0. The van der Waals surface area contributed by atoms with Crippen LogP contribution in [0.5, 0.6) is 0 Å². The molecular weight excluding hydrogens is 328 g/mol. The van der Waals surface area contributed by atoms with E-state index in [0.717, 1.165) is 32.1 Å². The summed E-state index contributed by atoms with van der Waals surface area (Å²) in [5, 5.41) is 4.01. The van der Waals surface area contributed by atoms with Crippen molar-refractivity contribution in [2.75, 3.05) is 18.8 Å². The highest BCUT2D eigenvalue weighted by Crippen LogP contribution is 2.38. The monoisotopic (exact) mass is 350 g/mol. The van der Waals surface area contributed by atoms with E-state index in [9.17, 15) is 8.42 Å². The van der Waals surface area contributed by atoms with Crippen molar-refractivity contribution in [3.8, 4) is 0 Å². The van der Waals surface area contributed by atoms with E-state index >= 15 is 0 Å². The number of sulfonamides is 1. The van der Waals surface area contributed by atoms with Crippen LogP contribution in [0.2, 0.25) is 0 Å². The lowest BCUT2D eigenvalue weighted by atomic mass is 9.77. The van der Waals surface area contributed by atoms with Crippen LogP contribution in [0.3, 0.4) is 0 Å². The zero-order valence-corrected chi connectivity index (χ0v) is 14.3. The van der Waals surface area contributed by atoms with Gasteiger partial charge in [0.05, 0.1) is 17.2 Å². The van der Waals surface area contributed by atoms with Gasteiger partial charge in [-0.25, -0.2) is 12.7 Å². The Morgan fingerprint density at radius 3 is 2.73 bits per heavy atom. The van der Waals surface area contributed by atoms with Crippen molar-refractivity contribution in [2.24, 2.45) is 5.73 Å². The number of rotatable bonds is 4. The van der Waals surface area contributed by atoms with Crippen LogP contribution in [-0.4, -0.2) is 41.7 Å². The molecule has 1 saturated heterocycles. The van der Waals surface area contributed by atoms with Gasteiger partial charge in [-0.15, -0.1) is 12.4 Å². The number of nitrogens with two attached hydrogens (primary N) is 1. The molecule has 1 atom stereocenters. The molecular formula is C13H23ClN4O3S. The molecule has 9 heteroatoms. The molecule has 0 spiro atoms. The predicted octanol–water partition coefficient (Wildman–Crippen LogP) is 1.36. The molecule has 1 aliphatic carbocycles. The highest BCUT2D eigenvalue weighted by Gasteiger charge is 2.40. The standard InChI is InChI=1S/C13H22N4O3S.ClH/c1-2-21(18,19)17-8-3-5-10(9-17)11-15-12(16-20-11)13(14)6-4-7-13;/h10H,2-9,14H2,1H3;1H. The largest absolute Gasteiger partial charge is 0.339 e. The molecule has 3 rings (SSSR count). The molecule has 1 aromatic heterocycles. The molecule has 0 aromatic carbocycles. The molecule has 2 heterocycles. The molecule has 7 nitrogen and oxygen atoms in total. The number of hydrogen-bond acceptors (Lipinski definition) is 6. The minimum Gasteiger partial charge on any atom is -0.339 e. The first kappa shape index (κ1) is 17.7. The number of hydrogen-bond donors (Lipinski definition) is 1. The Balaban J connectivity index is 0.00000176. The normalized spacial score (nSPS) is 25.3. The molecule has 2 N–H and O–H groups in total. The third kappa shape index (κ3) is 3.15. The van der Waals surface area contributed by atoms with Gasteiger partial charge in [0.25, 0.3) is 0 Å². The van der Waals surface area contributed by atoms with Gasteiger partial charge in [0, 0.05) is 13.1 Å². The zero-order valence-electron chi connectivity index (χ0n) is 12.7. The van der Waals surface area contributed by atoms with Crippen molar-refractivity contribution >= 4 is 22.4 Å². The van der Waals surface area contributed by atoms with Crippen LogP contribution in [0.4, 0.5) is 0 Å². The molecule has 1 unspecified atom stereocenters. The van der Waals surface area contributed by atoms with E-state index in [2.05, 4.69) is 10.1 Å². The molecule has 0 radical (unpaired) electrons. The maximum absolute atomic E-state index is 12.0. The summed E-state index contributed by atoms with van der Waals surface area (Å²) in [6.45, 7) is 2.67. The second kappa shape index (κ2) is 6.43. The maximum atomic E-state index is 12.0. The maximum Gasteiger partial charge on any atom is 0.231 e. The van der Waals surface area contributed by atoms with E-state index in [1.54, 1.807) is 6.92 Å². The minimum atomic E-state index is -3.16. The fraction of sp³-hybridized carbons (Fsp3) is 0.846. The van der Waals surface area contributed by atoms with Gasteiger partial charge < -0.3 is 10.3 Å². The summed E-state index contributed by atoms with van der Waals surface area (Å²) in [4.78, 5) is 4.45. The SMILES string of the molecule is CCS(=O)(=O)N1CCCC(c2nc(C3(N)CCC3)no2)C1.Cl. The number of nitrogens with zero attached hydrogens (tertiary/aromatic N) is 3. The van der Waals surface area contributed by atoms with Crippen molar-refractivity contribution < 1.29 is 12.9 Å². The second-order valence-corrected chi connectivity index (χ2v) is 8.32. The Morgan fingerprint density at radius 2 is 2.14 bits per heavy atom. The van der Waals surface area contributed by atoms with Crippen molar-refractivity contribution in [3.05, 3.63) is 11.7 Å². The molecule has 1 aromatic rings. The van der Waals surface area contributed by atoms with E-state index < -0.39 is 15.6 Å². The number of aromatic nitrogens is 2. The number of piperidine rings is 1. The second-order valence-electron chi connectivity index (χ2n) is 6.06. The van der Waals surface area contributed by atoms with Gasteiger partial charge in [0.1, 0.15) is 0 Å². The summed E-state index contributed by atoms with van der Waals surface area (Å²) in [7, 11) is -3.16. The average molecular weight is 351 g/mol. The lowest BCUT2D eigenvalue weighted by Gasteiger charge is -2.34. The summed E-state index contributed by atoms with van der Waals surface area (Å²) < 4.78 is 30.9. The lowest BCUT2D eigenvalue weighted by Crippen LogP contribution is -2.44. The Labute approximate surface area is 137 Å². The molecule has 2 aliphatic rings. The summed E-state index contributed by atoms with van der Waals surface area (Å²) in [5.74, 6) is 1.20. The first-order chi connectivity index (χ1) is 9.94. The summed E-state index contributed by atoms with van der Waals surface area (Å²) in [6.07, 6.45) is 4.54. The van der Waals surface area contributed by atoms with Gasteiger partial charge in [0.15, 0.2) is 5.82 Å². The fourth-order valence-electron chi connectivity index (χ4n) is 2.96.